The number of hydrogen-bond acceptors (Lipinski definition) is 4. The summed E-state index contributed by atoms with van der Waals surface area (Å²) in [5.41, 5.74) is 0. The molecule has 0 aromatic heterocycles. The van der Waals surface area contributed by atoms with Crippen molar-refractivity contribution in [2.75, 3.05) is 0 Å². The standard InChI is InChI=1S/C4H4O6.Fe/c5-1(3(7)8)2(6)4(9)10;/h5-6H,(H,7,8)(H,9,10);/q-2;+2. The van der Waals surface area contributed by atoms with E-state index in [1.54, 1.807) is 0 Å². The third-order valence-electron chi connectivity index (χ3n) is 0.629. The minimum Gasteiger partial charge on any atom is -0.561 e. The van der Waals surface area contributed by atoms with Crippen LogP contribution in [0.3, 0.4) is 0 Å². The van der Waals surface area contributed by atoms with Crippen molar-refractivity contribution in [2.45, 2.75) is 0 Å². The van der Waals surface area contributed by atoms with E-state index in [0.717, 1.165) is 0 Å². The van der Waals surface area contributed by atoms with Crippen molar-refractivity contribution < 1.29 is 47.1 Å². The van der Waals surface area contributed by atoms with Gasteiger partial charge in [0.1, 0.15) is 0 Å². The molecule has 0 radical (unpaired) electrons. The Labute approximate surface area is 71.9 Å². The van der Waals surface area contributed by atoms with Gasteiger partial charge in [0.05, 0.1) is 0 Å². The number of carbonyl (C=O) groups is 2. The summed E-state index contributed by atoms with van der Waals surface area (Å²) in [7, 11) is 0. The summed E-state index contributed by atoms with van der Waals surface area (Å²) in [4.78, 5) is 19.4. The van der Waals surface area contributed by atoms with Crippen LogP contribution < -0.4 is 0 Å². The first kappa shape index (κ1) is 12.8. The maximum atomic E-state index is 9.71. The Hall–Kier alpha value is -0.881. The molecule has 11 heavy (non-hydrogen) atoms. The molecule has 0 bridgehead atoms. The molecular formula is C4H4FeO6. The second-order valence-electron chi connectivity index (χ2n) is 1.31. The number of carboxylic acids is 2. The second kappa shape index (κ2) is 4.86. The molecule has 0 rings (SSSR count). The Morgan fingerprint density at radius 2 is 1.09 bits per heavy atom. The first-order valence-electron chi connectivity index (χ1n) is 2.05. The Bertz CT molecular complexity index is 139. The van der Waals surface area contributed by atoms with Gasteiger partial charge in [-0.15, -0.1) is 0 Å². The zero-order valence-corrected chi connectivity index (χ0v) is 6.06. The van der Waals surface area contributed by atoms with E-state index < -0.39 is 24.1 Å². The first-order valence-corrected chi connectivity index (χ1v) is 2.05. The van der Waals surface area contributed by atoms with Gasteiger partial charge in [0.25, 0.3) is 0 Å². The van der Waals surface area contributed by atoms with Crippen LogP contribution in [-0.4, -0.2) is 32.4 Å². The summed E-state index contributed by atoms with van der Waals surface area (Å²) in [5, 5.41) is 32.2. The Morgan fingerprint density at radius 3 is 1.18 bits per heavy atom. The van der Waals surface area contributed by atoms with Gasteiger partial charge in [-0.05, 0) is 0 Å². The fraction of sp³-hybridized carbons (Fsp3) is 0. The van der Waals surface area contributed by atoms with Gasteiger partial charge in [0.2, 0.25) is 0 Å². The summed E-state index contributed by atoms with van der Waals surface area (Å²) in [6.45, 7) is 0. The minimum absolute atomic E-state index is 0. The van der Waals surface area contributed by atoms with Crippen molar-refractivity contribution in [1.29, 1.82) is 0 Å². The first-order chi connectivity index (χ1) is 4.46. The molecule has 0 heterocycles. The van der Waals surface area contributed by atoms with Crippen molar-refractivity contribution in [1.82, 2.24) is 0 Å². The van der Waals surface area contributed by atoms with E-state index in [0.29, 0.717) is 0 Å². The Balaban J connectivity index is 0. The van der Waals surface area contributed by atoms with Crippen LogP contribution in [0.2, 0.25) is 0 Å². The number of carboxylic acid groups (broad SMARTS) is 2. The normalized spacial score (nSPS) is 7.82. The predicted molar refractivity (Wildman–Crippen MR) is 25.6 cm³/mol. The molecule has 0 saturated carbocycles. The quantitative estimate of drug-likeness (QED) is 0.344. The zero-order valence-electron chi connectivity index (χ0n) is 4.96. The van der Waals surface area contributed by atoms with E-state index in [9.17, 15) is 9.59 Å². The fourth-order valence-corrected chi connectivity index (χ4v) is 0.203. The van der Waals surface area contributed by atoms with Gasteiger partial charge in [0, 0.05) is 0 Å². The van der Waals surface area contributed by atoms with Crippen molar-refractivity contribution in [3.63, 3.8) is 0 Å². The summed E-state index contributed by atoms with van der Waals surface area (Å²) in [6.07, 6.45) is -3.15. The maximum Gasteiger partial charge on any atom is 2.00 e. The molecule has 0 unspecified atom stereocenters. The van der Waals surface area contributed by atoms with Crippen LogP contribution in [0.1, 0.15) is 0 Å². The average molecular weight is 204 g/mol. The molecule has 0 spiro atoms. The average Bonchev–Trinajstić information content (AvgIpc) is 1.84. The smallest absolute Gasteiger partial charge is 0.561 e. The molecule has 64 valence electrons. The summed E-state index contributed by atoms with van der Waals surface area (Å²) in [6, 6.07) is 0. The van der Waals surface area contributed by atoms with Crippen molar-refractivity contribution in [3.05, 3.63) is 12.2 Å². The third-order valence-corrected chi connectivity index (χ3v) is 0.629. The van der Waals surface area contributed by atoms with E-state index in [1.807, 2.05) is 0 Å². The molecule has 6 nitrogen and oxygen atoms in total. The number of rotatable bonds is 3. The SMILES string of the molecule is O=C(O)[C-](O)[C-](O)C(=O)O.[Fe+2]. The van der Waals surface area contributed by atoms with Crippen molar-refractivity contribution >= 4 is 11.9 Å². The van der Waals surface area contributed by atoms with Gasteiger partial charge in [-0.2, -0.15) is 0 Å². The minimum atomic E-state index is -1.89. The molecule has 4 N–H and O–H groups in total. The number of aliphatic hydroxyl groups excluding tert-OH is 2. The summed E-state index contributed by atoms with van der Waals surface area (Å²) < 4.78 is 0. The monoisotopic (exact) mass is 204 g/mol. The van der Waals surface area contributed by atoms with Crippen LogP contribution in [0.4, 0.5) is 0 Å². The molecule has 0 aliphatic carbocycles. The molecule has 0 atom stereocenters. The van der Waals surface area contributed by atoms with E-state index in [4.69, 9.17) is 20.4 Å². The van der Waals surface area contributed by atoms with Crippen LogP contribution >= 0.6 is 0 Å². The molecular weight excluding hydrogens is 200 g/mol. The topological polar surface area (TPSA) is 115 Å². The fourth-order valence-electron chi connectivity index (χ4n) is 0.203. The van der Waals surface area contributed by atoms with Crippen molar-refractivity contribution in [2.24, 2.45) is 0 Å². The summed E-state index contributed by atoms with van der Waals surface area (Å²) in [5.74, 6) is -3.78. The molecule has 0 saturated heterocycles. The van der Waals surface area contributed by atoms with Crippen molar-refractivity contribution in [3.8, 4) is 0 Å². The third kappa shape index (κ3) is 3.74. The molecule has 0 fully saturated rings. The Morgan fingerprint density at radius 1 is 0.909 bits per heavy atom. The molecule has 0 aliphatic rings. The summed E-state index contributed by atoms with van der Waals surface area (Å²) >= 11 is 0. The largest absolute Gasteiger partial charge is 2.00 e. The zero-order chi connectivity index (χ0) is 8.31. The molecule has 0 aromatic rings. The van der Waals surface area contributed by atoms with Crippen LogP contribution in [0.15, 0.2) is 0 Å². The van der Waals surface area contributed by atoms with Gasteiger partial charge in [-0.3, -0.25) is 21.8 Å². The number of hydrogen-bond donors (Lipinski definition) is 4. The van der Waals surface area contributed by atoms with E-state index in [-0.39, 0.29) is 17.1 Å². The Kier molecular flexibility index (Phi) is 5.64. The van der Waals surface area contributed by atoms with E-state index >= 15 is 0 Å². The van der Waals surface area contributed by atoms with Crippen LogP contribution in [0.5, 0.6) is 0 Å². The van der Waals surface area contributed by atoms with Crippen LogP contribution in [0.25, 0.3) is 0 Å². The predicted octanol–water partition coefficient (Wildman–Crippen LogP) is -1.04. The van der Waals surface area contributed by atoms with Gasteiger partial charge >= 0.3 is 17.1 Å². The van der Waals surface area contributed by atoms with Crippen LogP contribution in [0, 0.1) is 12.2 Å². The van der Waals surface area contributed by atoms with Gasteiger partial charge in [-0.1, -0.05) is 0 Å². The van der Waals surface area contributed by atoms with Gasteiger partial charge < -0.3 is 20.4 Å². The van der Waals surface area contributed by atoms with E-state index in [2.05, 4.69) is 0 Å². The van der Waals surface area contributed by atoms with Gasteiger partial charge in [0.15, 0.2) is 11.9 Å². The van der Waals surface area contributed by atoms with Crippen LogP contribution in [-0.2, 0) is 26.7 Å². The second-order valence-corrected chi connectivity index (χ2v) is 1.31. The van der Waals surface area contributed by atoms with Gasteiger partial charge in [-0.25, -0.2) is 0 Å². The molecule has 0 amide bonds. The number of aliphatic carboxylic acids is 2. The number of aliphatic hydroxyl groups is 2. The maximum absolute atomic E-state index is 9.71. The molecule has 0 aliphatic heterocycles. The van der Waals surface area contributed by atoms with E-state index in [1.165, 1.54) is 0 Å². The molecule has 7 heteroatoms. The molecule has 0 aromatic carbocycles.